The average Bonchev–Trinajstić information content (AvgIpc) is 2.58. The standard InChI is InChI=1S/C9H13NO2S/c1-5-9(13-6(2)10-5)7-3-12-4-8(7)11/h7-8,11H,3-4H2,1-2H3. The van der Waals surface area contributed by atoms with Gasteiger partial charge in [-0.15, -0.1) is 11.3 Å². The van der Waals surface area contributed by atoms with Gasteiger partial charge in [0.2, 0.25) is 0 Å². The summed E-state index contributed by atoms with van der Waals surface area (Å²) in [6.45, 7) is 5.07. The highest BCUT2D eigenvalue weighted by molar-refractivity contribution is 7.11. The third-order valence-electron chi connectivity index (χ3n) is 2.33. The molecule has 3 nitrogen and oxygen atoms in total. The van der Waals surface area contributed by atoms with Gasteiger partial charge in [0.25, 0.3) is 0 Å². The normalized spacial score (nSPS) is 28.2. The molecule has 0 aromatic carbocycles. The molecule has 0 saturated carbocycles. The van der Waals surface area contributed by atoms with Gasteiger partial charge in [0.15, 0.2) is 0 Å². The van der Waals surface area contributed by atoms with Crippen molar-refractivity contribution in [2.75, 3.05) is 13.2 Å². The fourth-order valence-corrected chi connectivity index (χ4v) is 2.76. The maximum atomic E-state index is 9.63. The lowest BCUT2D eigenvalue weighted by molar-refractivity contribution is 0.125. The molecular formula is C9H13NO2S. The lowest BCUT2D eigenvalue weighted by Crippen LogP contribution is -2.15. The van der Waals surface area contributed by atoms with E-state index in [1.165, 1.54) is 4.88 Å². The van der Waals surface area contributed by atoms with Crippen molar-refractivity contribution >= 4 is 11.3 Å². The van der Waals surface area contributed by atoms with Crippen LogP contribution < -0.4 is 0 Å². The fraction of sp³-hybridized carbons (Fsp3) is 0.667. The van der Waals surface area contributed by atoms with Crippen LogP contribution in [0.5, 0.6) is 0 Å². The molecule has 0 spiro atoms. The van der Waals surface area contributed by atoms with E-state index in [-0.39, 0.29) is 12.0 Å². The van der Waals surface area contributed by atoms with Crippen LogP contribution in [-0.4, -0.2) is 29.4 Å². The molecule has 1 saturated heterocycles. The fourth-order valence-electron chi connectivity index (χ4n) is 1.68. The number of aromatic nitrogens is 1. The number of rotatable bonds is 1. The summed E-state index contributed by atoms with van der Waals surface area (Å²) in [5.41, 5.74) is 1.04. The van der Waals surface area contributed by atoms with Crippen LogP contribution in [0, 0.1) is 13.8 Å². The Bertz CT molecular complexity index is 311. The van der Waals surface area contributed by atoms with Crippen LogP contribution in [0.25, 0.3) is 0 Å². The predicted molar refractivity (Wildman–Crippen MR) is 51.2 cm³/mol. The van der Waals surface area contributed by atoms with E-state index < -0.39 is 0 Å². The van der Waals surface area contributed by atoms with Crippen LogP contribution in [0.1, 0.15) is 21.5 Å². The van der Waals surface area contributed by atoms with Crippen molar-refractivity contribution in [3.05, 3.63) is 15.6 Å². The van der Waals surface area contributed by atoms with Gasteiger partial charge >= 0.3 is 0 Å². The van der Waals surface area contributed by atoms with Crippen molar-refractivity contribution in [3.63, 3.8) is 0 Å². The molecule has 72 valence electrons. The molecule has 1 N–H and O–H groups in total. The molecule has 4 heteroatoms. The Morgan fingerprint density at radius 3 is 2.69 bits per heavy atom. The maximum absolute atomic E-state index is 9.63. The van der Waals surface area contributed by atoms with Gasteiger partial charge in [-0.3, -0.25) is 0 Å². The molecule has 1 fully saturated rings. The van der Waals surface area contributed by atoms with Gasteiger partial charge < -0.3 is 9.84 Å². The summed E-state index contributed by atoms with van der Waals surface area (Å²) in [5, 5.41) is 10.7. The van der Waals surface area contributed by atoms with Crippen LogP contribution >= 0.6 is 11.3 Å². The maximum Gasteiger partial charge on any atom is 0.0900 e. The molecule has 13 heavy (non-hydrogen) atoms. The van der Waals surface area contributed by atoms with E-state index in [4.69, 9.17) is 4.74 Å². The molecule has 0 bridgehead atoms. The van der Waals surface area contributed by atoms with Crippen molar-refractivity contribution in [1.29, 1.82) is 0 Å². The quantitative estimate of drug-likeness (QED) is 0.740. The van der Waals surface area contributed by atoms with E-state index in [1.807, 2.05) is 13.8 Å². The molecule has 0 amide bonds. The monoisotopic (exact) mass is 199 g/mol. The number of hydrogen-bond acceptors (Lipinski definition) is 4. The van der Waals surface area contributed by atoms with Crippen LogP contribution in [0.15, 0.2) is 0 Å². The van der Waals surface area contributed by atoms with Gasteiger partial charge in [0.05, 0.1) is 30.0 Å². The SMILES string of the molecule is Cc1nc(C)c(C2COCC2O)s1. The Morgan fingerprint density at radius 2 is 2.23 bits per heavy atom. The summed E-state index contributed by atoms with van der Waals surface area (Å²) >= 11 is 1.66. The molecule has 0 aliphatic carbocycles. The van der Waals surface area contributed by atoms with Crippen LogP contribution in [-0.2, 0) is 4.74 Å². The summed E-state index contributed by atoms with van der Waals surface area (Å²) < 4.78 is 5.22. The first kappa shape index (κ1) is 9.12. The van der Waals surface area contributed by atoms with Crippen LogP contribution in [0.4, 0.5) is 0 Å². The van der Waals surface area contributed by atoms with E-state index in [2.05, 4.69) is 4.98 Å². The Kier molecular flexibility index (Phi) is 2.36. The molecule has 1 aliphatic rings. The molecule has 1 aromatic rings. The van der Waals surface area contributed by atoms with Gasteiger partial charge in [-0.05, 0) is 13.8 Å². The highest BCUT2D eigenvalue weighted by Crippen LogP contribution is 2.32. The van der Waals surface area contributed by atoms with Gasteiger partial charge in [0.1, 0.15) is 0 Å². The minimum absolute atomic E-state index is 0.145. The van der Waals surface area contributed by atoms with E-state index in [9.17, 15) is 5.11 Å². The zero-order chi connectivity index (χ0) is 9.42. The summed E-state index contributed by atoms with van der Waals surface area (Å²) in [4.78, 5) is 5.52. The second-order valence-electron chi connectivity index (χ2n) is 3.39. The molecule has 2 rings (SSSR count). The van der Waals surface area contributed by atoms with Crippen molar-refractivity contribution in [1.82, 2.24) is 4.98 Å². The molecule has 2 heterocycles. The summed E-state index contributed by atoms with van der Waals surface area (Å²) in [7, 11) is 0. The highest BCUT2D eigenvalue weighted by Gasteiger charge is 2.30. The molecule has 1 aliphatic heterocycles. The van der Waals surface area contributed by atoms with E-state index in [0.717, 1.165) is 10.7 Å². The summed E-state index contributed by atoms with van der Waals surface area (Å²) in [6.07, 6.45) is -0.349. The number of aliphatic hydroxyl groups is 1. The summed E-state index contributed by atoms with van der Waals surface area (Å²) in [6, 6.07) is 0. The highest BCUT2D eigenvalue weighted by atomic mass is 32.1. The molecule has 0 radical (unpaired) electrons. The number of thiazole rings is 1. The Hall–Kier alpha value is -0.450. The van der Waals surface area contributed by atoms with Gasteiger partial charge in [0, 0.05) is 10.8 Å². The lowest BCUT2D eigenvalue weighted by atomic mass is 10.0. The summed E-state index contributed by atoms with van der Waals surface area (Å²) in [5.74, 6) is 0.145. The molecule has 2 atom stereocenters. The number of hydrogen-bond donors (Lipinski definition) is 1. The number of aliphatic hydroxyl groups excluding tert-OH is 1. The third-order valence-corrected chi connectivity index (χ3v) is 3.53. The first-order valence-electron chi connectivity index (χ1n) is 4.38. The second-order valence-corrected chi connectivity index (χ2v) is 4.63. The smallest absolute Gasteiger partial charge is 0.0900 e. The van der Waals surface area contributed by atoms with Crippen molar-refractivity contribution < 1.29 is 9.84 Å². The lowest BCUT2D eigenvalue weighted by Gasteiger charge is -2.09. The van der Waals surface area contributed by atoms with E-state index in [1.54, 1.807) is 11.3 Å². The van der Waals surface area contributed by atoms with E-state index >= 15 is 0 Å². The average molecular weight is 199 g/mol. The first-order valence-corrected chi connectivity index (χ1v) is 5.20. The van der Waals surface area contributed by atoms with Crippen molar-refractivity contribution in [3.8, 4) is 0 Å². The minimum Gasteiger partial charge on any atom is -0.390 e. The van der Waals surface area contributed by atoms with Gasteiger partial charge in [-0.25, -0.2) is 4.98 Å². The molecular weight excluding hydrogens is 186 g/mol. The molecule has 2 unspecified atom stereocenters. The first-order chi connectivity index (χ1) is 6.18. The topological polar surface area (TPSA) is 42.4 Å². The Morgan fingerprint density at radius 1 is 1.46 bits per heavy atom. The zero-order valence-corrected chi connectivity index (χ0v) is 8.60. The van der Waals surface area contributed by atoms with Crippen LogP contribution in [0.2, 0.25) is 0 Å². The largest absolute Gasteiger partial charge is 0.390 e. The predicted octanol–water partition coefficient (Wildman–Crippen LogP) is 1.23. The van der Waals surface area contributed by atoms with Crippen molar-refractivity contribution in [2.45, 2.75) is 25.9 Å². The van der Waals surface area contributed by atoms with E-state index in [0.29, 0.717) is 13.2 Å². The third kappa shape index (κ3) is 1.61. The second kappa shape index (κ2) is 3.36. The minimum atomic E-state index is -0.349. The zero-order valence-electron chi connectivity index (χ0n) is 7.78. The Labute approximate surface area is 81.4 Å². The number of aryl methyl sites for hydroxylation is 2. The van der Waals surface area contributed by atoms with Gasteiger partial charge in [-0.2, -0.15) is 0 Å². The van der Waals surface area contributed by atoms with Gasteiger partial charge in [-0.1, -0.05) is 0 Å². The van der Waals surface area contributed by atoms with Crippen molar-refractivity contribution in [2.24, 2.45) is 0 Å². The van der Waals surface area contributed by atoms with Crippen LogP contribution in [0.3, 0.4) is 0 Å². The Balaban J connectivity index is 2.28. The number of ether oxygens (including phenoxy) is 1. The number of nitrogens with zero attached hydrogens (tertiary/aromatic N) is 1. The molecule has 1 aromatic heterocycles.